The van der Waals surface area contributed by atoms with E-state index >= 15 is 0 Å². The molecule has 7 heteroatoms. The number of alkyl carbamates (subject to hydrolysis) is 1. The number of nitrogens with zero attached hydrogens (tertiary/aromatic N) is 1. The summed E-state index contributed by atoms with van der Waals surface area (Å²) in [6.45, 7) is 2.54. The monoisotopic (exact) mass is 406 g/mol. The van der Waals surface area contributed by atoms with E-state index in [1.807, 2.05) is 6.92 Å². The Bertz CT molecular complexity index is 454. The molecule has 1 aliphatic carbocycles. The lowest BCUT2D eigenvalue weighted by atomic mass is 10.1. The van der Waals surface area contributed by atoms with Crippen LogP contribution in [0.2, 0.25) is 0 Å². The van der Waals surface area contributed by atoms with E-state index in [1.165, 1.54) is 12.2 Å². The molecule has 0 aromatic rings. The van der Waals surface area contributed by atoms with Gasteiger partial charge in [-0.15, -0.1) is 0 Å². The van der Waals surface area contributed by atoms with Gasteiger partial charge in [0.05, 0.1) is 0 Å². The topological polar surface area (TPSA) is 75.7 Å². The van der Waals surface area contributed by atoms with Crippen LogP contribution in [0.25, 0.3) is 0 Å². The van der Waals surface area contributed by atoms with Gasteiger partial charge >= 0.3 is 6.09 Å². The van der Waals surface area contributed by atoms with Crippen LogP contribution in [0.1, 0.15) is 39.0 Å². The Kier molecular flexibility index (Phi) is 5.23. The summed E-state index contributed by atoms with van der Waals surface area (Å²) in [7, 11) is 0. The van der Waals surface area contributed by atoms with Gasteiger partial charge in [0, 0.05) is 35.5 Å². The molecule has 1 aliphatic heterocycles. The molecule has 0 aromatic carbocycles. The van der Waals surface area contributed by atoms with E-state index in [0.29, 0.717) is 23.3 Å². The van der Waals surface area contributed by atoms with E-state index in [1.54, 1.807) is 0 Å². The van der Waals surface area contributed by atoms with Crippen molar-refractivity contribution in [3.05, 3.63) is 12.2 Å². The minimum absolute atomic E-state index is 0.325. The van der Waals surface area contributed by atoms with Crippen molar-refractivity contribution in [1.29, 1.82) is 0 Å². The molecule has 21 heavy (non-hydrogen) atoms. The SMILES string of the molecule is CCC(I)CNC(=O)OC1(N2C(=O)C=CC2=O)CCCC1. The van der Waals surface area contributed by atoms with Crippen molar-refractivity contribution < 1.29 is 19.1 Å². The molecule has 1 unspecified atom stereocenters. The molecule has 2 rings (SSSR count). The van der Waals surface area contributed by atoms with Crippen LogP contribution < -0.4 is 5.32 Å². The first-order chi connectivity index (χ1) is 9.98. The molecule has 1 fully saturated rings. The second-order valence-electron chi connectivity index (χ2n) is 5.27. The zero-order valence-electron chi connectivity index (χ0n) is 11.9. The maximum atomic E-state index is 12.0. The fraction of sp³-hybridized carbons (Fsp3) is 0.643. The number of carbonyl (C=O) groups excluding carboxylic acids is 3. The molecule has 0 spiro atoms. The number of hydrogen-bond acceptors (Lipinski definition) is 4. The molecule has 1 atom stereocenters. The van der Waals surface area contributed by atoms with Crippen molar-refractivity contribution in [3.63, 3.8) is 0 Å². The third kappa shape index (κ3) is 3.56. The Labute approximate surface area is 137 Å². The second-order valence-corrected chi connectivity index (χ2v) is 7.04. The molecule has 0 bridgehead atoms. The summed E-state index contributed by atoms with van der Waals surface area (Å²) in [6, 6.07) is 0. The molecule has 6 nitrogen and oxygen atoms in total. The largest absolute Gasteiger partial charge is 0.422 e. The number of imide groups is 1. The van der Waals surface area contributed by atoms with Gasteiger partial charge in [0.25, 0.3) is 11.8 Å². The quantitative estimate of drug-likeness (QED) is 0.431. The van der Waals surface area contributed by atoms with Crippen molar-refractivity contribution in [3.8, 4) is 0 Å². The van der Waals surface area contributed by atoms with Gasteiger partial charge < -0.3 is 10.1 Å². The predicted molar refractivity (Wildman–Crippen MR) is 84.8 cm³/mol. The average molecular weight is 406 g/mol. The highest BCUT2D eigenvalue weighted by Crippen LogP contribution is 2.38. The third-order valence-electron chi connectivity index (χ3n) is 3.80. The summed E-state index contributed by atoms with van der Waals surface area (Å²) in [5.41, 5.74) is -1.12. The van der Waals surface area contributed by atoms with Gasteiger partial charge in [0.1, 0.15) is 0 Å². The summed E-state index contributed by atoms with van der Waals surface area (Å²) >= 11 is 2.25. The summed E-state index contributed by atoms with van der Waals surface area (Å²) < 4.78 is 5.83. The lowest BCUT2D eigenvalue weighted by Crippen LogP contribution is -2.54. The van der Waals surface area contributed by atoms with Crippen LogP contribution >= 0.6 is 22.6 Å². The highest BCUT2D eigenvalue weighted by Gasteiger charge is 2.49. The van der Waals surface area contributed by atoms with E-state index in [4.69, 9.17) is 4.74 Å². The normalized spacial score (nSPS) is 21.7. The zero-order chi connectivity index (χ0) is 15.5. The number of ether oxygens (including phenoxy) is 1. The number of hydrogen-bond donors (Lipinski definition) is 1. The van der Waals surface area contributed by atoms with Crippen molar-refractivity contribution in [2.45, 2.75) is 48.7 Å². The lowest BCUT2D eigenvalue weighted by Gasteiger charge is -2.36. The minimum Gasteiger partial charge on any atom is -0.422 e. The first-order valence-corrected chi connectivity index (χ1v) is 8.40. The summed E-state index contributed by atoms with van der Waals surface area (Å²) in [6.07, 6.45) is 5.48. The molecule has 0 aromatic heterocycles. The van der Waals surface area contributed by atoms with Crippen LogP contribution in [-0.4, -0.2) is 39.0 Å². The summed E-state index contributed by atoms with van der Waals surface area (Å²) in [5.74, 6) is -0.815. The lowest BCUT2D eigenvalue weighted by molar-refractivity contribution is -0.163. The Hall–Kier alpha value is -1.12. The fourth-order valence-electron chi connectivity index (χ4n) is 2.65. The number of rotatable bonds is 5. The van der Waals surface area contributed by atoms with Gasteiger partial charge in [0.2, 0.25) is 0 Å². The van der Waals surface area contributed by atoms with Crippen LogP contribution in [0.4, 0.5) is 4.79 Å². The maximum Gasteiger partial charge on any atom is 0.409 e. The van der Waals surface area contributed by atoms with Crippen LogP contribution in [0, 0.1) is 0 Å². The van der Waals surface area contributed by atoms with Gasteiger partial charge in [-0.3, -0.25) is 9.59 Å². The Morgan fingerprint density at radius 3 is 2.48 bits per heavy atom. The standard InChI is InChI=1S/C14H19IN2O4/c1-2-10(15)9-16-13(20)21-14(7-3-4-8-14)17-11(18)5-6-12(17)19/h5-6,10H,2-4,7-9H2,1H3,(H,16,20). The van der Waals surface area contributed by atoms with Crippen LogP contribution in [0.15, 0.2) is 12.2 Å². The molecule has 3 amide bonds. The molecule has 116 valence electrons. The van der Waals surface area contributed by atoms with Crippen molar-refractivity contribution in [1.82, 2.24) is 10.2 Å². The van der Waals surface area contributed by atoms with Gasteiger partial charge in [-0.05, 0) is 19.3 Å². The highest BCUT2D eigenvalue weighted by molar-refractivity contribution is 14.1. The number of amides is 3. The predicted octanol–water partition coefficient (Wildman–Crippen LogP) is 2.12. The number of nitrogens with one attached hydrogen (secondary N) is 1. The van der Waals surface area contributed by atoms with Crippen molar-refractivity contribution in [2.75, 3.05) is 6.54 Å². The summed E-state index contributed by atoms with van der Waals surface area (Å²) in [4.78, 5) is 36.8. The van der Waals surface area contributed by atoms with Crippen LogP contribution in [0.5, 0.6) is 0 Å². The Morgan fingerprint density at radius 1 is 1.38 bits per heavy atom. The Morgan fingerprint density at radius 2 is 1.95 bits per heavy atom. The third-order valence-corrected chi connectivity index (χ3v) is 5.12. The Balaban J connectivity index is 2.04. The van der Waals surface area contributed by atoms with E-state index < -0.39 is 23.6 Å². The number of alkyl halides is 1. The van der Waals surface area contributed by atoms with Gasteiger partial charge in [-0.25, -0.2) is 9.69 Å². The van der Waals surface area contributed by atoms with Crippen molar-refractivity contribution in [2.24, 2.45) is 0 Å². The van der Waals surface area contributed by atoms with Crippen LogP contribution in [0.3, 0.4) is 0 Å². The zero-order valence-corrected chi connectivity index (χ0v) is 14.1. The maximum absolute atomic E-state index is 12.0. The van der Waals surface area contributed by atoms with Gasteiger partial charge in [0.15, 0.2) is 5.72 Å². The first-order valence-electron chi connectivity index (χ1n) is 7.15. The molecular formula is C14H19IN2O4. The molecule has 0 saturated heterocycles. The smallest absolute Gasteiger partial charge is 0.409 e. The van der Waals surface area contributed by atoms with Gasteiger partial charge in [-0.2, -0.15) is 0 Å². The number of halogens is 1. The first kappa shape index (κ1) is 16.3. The molecular weight excluding hydrogens is 387 g/mol. The average Bonchev–Trinajstić information content (AvgIpc) is 3.04. The van der Waals surface area contributed by atoms with E-state index in [-0.39, 0.29) is 0 Å². The van der Waals surface area contributed by atoms with E-state index in [9.17, 15) is 14.4 Å². The molecule has 1 N–H and O–H groups in total. The molecule has 1 saturated carbocycles. The fourth-order valence-corrected chi connectivity index (χ4v) is 2.87. The van der Waals surface area contributed by atoms with Crippen molar-refractivity contribution >= 4 is 40.5 Å². The molecule has 0 radical (unpaired) electrons. The van der Waals surface area contributed by atoms with E-state index in [2.05, 4.69) is 27.9 Å². The van der Waals surface area contributed by atoms with E-state index in [0.717, 1.165) is 24.2 Å². The molecule has 1 heterocycles. The highest BCUT2D eigenvalue weighted by atomic mass is 127. The molecule has 2 aliphatic rings. The number of carbonyl (C=O) groups is 3. The van der Waals surface area contributed by atoms with Gasteiger partial charge in [-0.1, -0.05) is 29.5 Å². The summed E-state index contributed by atoms with van der Waals surface area (Å²) in [5, 5.41) is 2.70. The second kappa shape index (κ2) is 6.76. The minimum atomic E-state index is -1.12. The van der Waals surface area contributed by atoms with Crippen LogP contribution in [-0.2, 0) is 14.3 Å².